The first-order valence-corrected chi connectivity index (χ1v) is 12.6. The molecule has 31 heavy (non-hydrogen) atoms. The highest BCUT2D eigenvalue weighted by molar-refractivity contribution is 7.89. The van der Waals surface area contributed by atoms with Crippen LogP contribution in [0.5, 0.6) is 5.75 Å². The van der Waals surface area contributed by atoms with Crippen LogP contribution in [0.3, 0.4) is 0 Å². The minimum Gasteiger partial charge on any atom is -0.494 e. The highest BCUT2D eigenvalue weighted by Crippen LogP contribution is 2.19. The Balaban J connectivity index is 1.71. The zero-order chi connectivity index (χ0) is 22.5. The van der Waals surface area contributed by atoms with Crippen LogP contribution in [-0.4, -0.2) is 59.8 Å². The Labute approximate surface area is 182 Å². The molecule has 0 amide bonds. The van der Waals surface area contributed by atoms with Crippen molar-refractivity contribution in [3.05, 3.63) is 54.1 Å². The number of hydrogen-bond acceptors (Lipinski definition) is 7. The molecule has 1 aliphatic heterocycles. The molecule has 1 aliphatic rings. The predicted octanol–water partition coefficient (Wildman–Crippen LogP) is 1.81. The van der Waals surface area contributed by atoms with Crippen molar-refractivity contribution in [3.8, 4) is 5.75 Å². The molecule has 3 rings (SSSR count). The standard InChI is InChI=1S/C20H25N3O6S2/c1-3-29-18-6-10-19(11-7-18)30(24,25)22-21-16(2)17-4-8-20(9-5-17)31(26,27)23-12-14-28-15-13-23/h4-11,22H,3,12-15H2,1-2H3/b21-16+. The van der Waals surface area contributed by atoms with Crippen LogP contribution in [0.2, 0.25) is 0 Å². The number of hydrogen-bond donors (Lipinski definition) is 1. The van der Waals surface area contributed by atoms with Crippen molar-refractivity contribution in [2.24, 2.45) is 5.10 Å². The molecule has 11 heteroatoms. The Morgan fingerprint density at radius 3 is 2.16 bits per heavy atom. The number of benzene rings is 2. The molecule has 1 N–H and O–H groups in total. The summed E-state index contributed by atoms with van der Waals surface area (Å²) in [7, 11) is -7.44. The highest BCUT2D eigenvalue weighted by atomic mass is 32.2. The van der Waals surface area contributed by atoms with E-state index in [-0.39, 0.29) is 9.79 Å². The quantitative estimate of drug-likeness (QED) is 0.468. The van der Waals surface area contributed by atoms with Crippen molar-refractivity contribution in [3.63, 3.8) is 0 Å². The first-order chi connectivity index (χ1) is 14.7. The van der Waals surface area contributed by atoms with E-state index in [1.165, 1.54) is 28.6 Å². The third-order valence-corrected chi connectivity index (χ3v) is 7.80. The lowest BCUT2D eigenvalue weighted by Gasteiger charge is -2.26. The predicted molar refractivity (Wildman–Crippen MR) is 116 cm³/mol. The summed E-state index contributed by atoms with van der Waals surface area (Å²) in [6, 6.07) is 12.2. The van der Waals surface area contributed by atoms with E-state index in [0.717, 1.165) is 0 Å². The normalized spacial score (nSPS) is 16.1. The molecule has 0 aliphatic carbocycles. The van der Waals surface area contributed by atoms with Gasteiger partial charge >= 0.3 is 0 Å². The van der Waals surface area contributed by atoms with E-state index < -0.39 is 20.0 Å². The van der Waals surface area contributed by atoms with Gasteiger partial charge < -0.3 is 9.47 Å². The van der Waals surface area contributed by atoms with Gasteiger partial charge in [-0.15, -0.1) is 0 Å². The number of morpholine rings is 1. The number of sulfonamides is 2. The van der Waals surface area contributed by atoms with E-state index in [4.69, 9.17) is 9.47 Å². The van der Waals surface area contributed by atoms with Gasteiger partial charge in [0, 0.05) is 13.1 Å². The van der Waals surface area contributed by atoms with Crippen LogP contribution in [0.25, 0.3) is 0 Å². The zero-order valence-corrected chi connectivity index (χ0v) is 18.9. The van der Waals surface area contributed by atoms with Gasteiger partial charge in [-0.2, -0.15) is 22.7 Å². The van der Waals surface area contributed by atoms with Gasteiger partial charge in [0.2, 0.25) is 10.0 Å². The van der Waals surface area contributed by atoms with Crippen LogP contribution in [0.4, 0.5) is 0 Å². The van der Waals surface area contributed by atoms with E-state index in [9.17, 15) is 16.8 Å². The third kappa shape index (κ3) is 5.62. The smallest absolute Gasteiger partial charge is 0.276 e. The second-order valence-corrected chi connectivity index (χ2v) is 10.3. The van der Waals surface area contributed by atoms with Crippen molar-refractivity contribution in [1.29, 1.82) is 0 Å². The van der Waals surface area contributed by atoms with Gasteiger partial charge in [0.25, 0.3) is 10.0 Å². The fourth-order valence-corrected chi connectivity index (χ4v) is 5.20. The molecule has 0 saturated carbocycles. The lowest BCUT2D eigenvalue weighted by atomic mass is 10.1. The summed E-state index contributed by atoms with van der Waals surface area (Å²) < 4.78 is 62.2. The number of hydrazone groups is 1. The van der Waals surface area contributed by atoms with Crippen LogP contribution < -0.4 is 9.57 Å². The maximum Gasteiger partial charge on any atom is 0.276 e. The molecule has 0 atom stereocenters. The highest BCUT2D eigenvalue weighted by Gasteiger charge is 2.26. The molecule has 2 aromatic rings. The van der Waals surface area contributed by atoms with Gasteiger partial charge in [0.15, 0.2) is 0 Å². The minimum absolute atomic E-state index is 0.0551. The van der Waals surface area contributed by atoms with Gasteiger partial charge in [-0.3, -0.25) is 0 Å². The maximum absolute atomic E-state index is 12.7. The summed E-state index contributed by atoms with van der Waals surface area (Å²) in [5, 5.41) is 3.95. The van der Waals surface area contributed by atoms with E-state index in [2.05, 4.69) is 9.93 Å². The van der Waals surface area contributed by atoms with Crippen LogP contribution >= 0.6 is 0 Å². The zero-order valence-electron chi connectivity index (χ0n) is 17.3. The molecule has 9 nitrogen and oxygen atoms in total. The molecule has 0 spiro atoms. The van der Waals surface area contributed by atoms with E-state index >= 15 is 0 Å². The maximum atomic E-state index is 12.7. The van der Waals surface area contributed by atoms with Crippen molar-refractivity contribution in [2.45, 2.75) is 23.6 Å². The van der Waals surface area contributed by atoms with Crippen LogP contribution in [0.15, 0.2) is 63.4 Å². The van der Waals surface area contributed by atoms with Gasteiger partial charge in [-0.05, 0) is 55.8 Å². The first kappa shape index (κ1) is 23.2. The Morgan fingerprint density at radius 1 is 1.00 bits per heavy atom. The van der Waals surface area contributed by atoms with E-state index in [0.29, 0.717) is 49.9 Å². The van der Waals surface area contributed by atoms with E-state index in [1.807, 2.05) is 6.92 Å². The van der Waals surface area contributed by atoms with Crippen molar-refractivity contribution in [2.75, 3.05) is 32.9 Å². The van der Waals surface area contributed by atoms with Crippen molar-refractivity contribution < 1.29 is 26.3 Å². The number of nitrogens with zero attached hydrogens (tertiary/aromatic N) is 2. The monoisotopic (exact) mass is 467 g/mol. The molecule has 0 bridgehead atoms. The van der Waals surface area contributed by atoms with Crippen LogP contribution in [0, 0.1) is 0 Å². The Bertz CT molecular complexity index is 1120. The minimum atomic E-state index is -3.85. The van der Waals surface area contributed by atoms with Crippen molar-refractivity contribution >= 4 is 25.8 Å². The lowest BCUT2D eigenvalue weighted by Crippen LogP contribution is -2.40. The molecule has 0 radical (unpaired) electrons. The van der Waals surface area contributed by atoms with Gasteiger partial charge in [0.1, 0.15) is 5.75 Å². The fourth-order valence-electron chi connectivity index (χ4n) is 2.93. The van der Waals surface area contributed by atoms with Gasteiger partial charge in [-0.25, -0.2) is 8.42 Å². The molecular formula is C20H25N3O6S2. The molecule has 1 fully saturated rings. The topological polar surface area (TPSA) is 114 Å². The molecular weight excluding hydrogens is 442 g/mol. The average molecular weight is 468 g/mol. The summed E-state index contributed by atoms with van der Waals surface area (Å²) in [4.78, 5) is 2.42. The van der Waals surface area contributed by atoms with E-state index in [1.54, 1.807) is 31.2 Å². The summed E-state index contributed by atoms with van der Waals surface area (Å²) in [6.45, 7) is 5.34. The molecule has 1 heterocycles. The molecule has 1 saturated heterocycles. The second kappa shape index (κ2) is 9.77. The first-order valence-electron chi connectivity index (χ1n) is 9.71. The number of rotatable bonds is 8. The summed E-state index contributed by atoms with van der Waals surface area (Å²) in [5.41, 5.74) is 0.986. The molecule has 168 valence electrons. The Kier molecular flexibility index (Phi) is 7.31. The fraction of sp³-hybridized carbons (Fsp3) is 0.350. The Hall–Kier alpha value is -2.47. The van der Waals surface area contributed by atoms with Gasteiger partial charge in [-0.1, -0.05) is 12.1 Å². The molecule has 0 aromatic heterocycles. The summed E-state index contributed by atoms with van der Waals surface area (Å²) in [6.07, 6.45) is 0. The number of nitrogens with one attached hydrogen (secondary N) is 1. The Morgan fingerprint density at radius 2 is 1.58 bits per heavy atom. The average Bonchev–Trinajstić information content (AvgIpc) is 2.79. The summed E-state index contributed by atoms with van der Waals surface area (Å²) in [5.74, 6) is 0.577. The molecule has 0 unspecified atom stereocenters. The lowest BCUT2D eigenvalue weighted by molar-refractivity contribution is 0.0730. The van der Waals surface area contributed by atoms with Gasteiger partial charge in [0.05, 0.1) is 35.3 Å². The second-order valence-electron chi connectivity index (χ2n) is 6.74. The largest absolute Gasteiger partial charge is 0.494 e. The molecule has 2 aromatic carbocycles. The van der Waals surface area contributed by atoms with Crippen molar-refractivity contribution in [1.82, 2.24) is 9.14 Å². The van der Waals surface area contributed by atoms with Crippen LogP contribution in [-0.2, 0) is 24.8 Å². The number of ether oxygens (including phenoxy) is 2. The van der Waals surface area contributed by atoms with Crippen LogP contribution in [0.1, 0.15) is 19.4 Å². The summed E-state index contributed by atoms with van der Waals surface area (Å²) >= 11 is 0. The third-order valence-electron chi connectivity index (χ3n) is 4.66. The SMILES string of the molecule is CCOc1ccc(S(=O)(=O)N/N=C(\C)c2ccc(S(=O)(=O)N3CCOCC3)cc2)cc1.